The highest BCUT2D eigenvalue weighted by atomic mass is 16.5. The first kappa shape index (κ1) is 18.3. The van der Waals surface area contributed by atoms with Crippen molar-refractivity contribution in [2.24, 2.45) is 5.41 Å². The lowest BCUT2D eigenvalue weighted by Crippen LogP contribution is -2.31. The number of Topliss-reactive ketones (excluding diaryl/α,β-unsaturated/α-hetero) is 1. The molecule has 0 fully saturated rings. The van der Waals surface area contributed by atoms with E-state index in [9.17, 15) is 9.59 Å². The number of rotatable bonds is 2. The standard InChI is InChI=1S/C23H24N2O3/c1-23(2)12-18-20(19(26)13-23)21(25-17-7-5-4-6-16(17)24-18)14-8-10-15(11-9-14)22(27)28-3/h4-11,21,24-25H,12-13H2,1-3H3/t21-/m1/s1. The molecule has 2 aromatic rings. The number of ether oxygens (including phenoxy) is 1. The van der Waals surface area contributed by atoms with Gasteiger partial charge >= 0.3 is 5.97 Å². The summed E-state index contributed by atoms with van der Waals surface area (Å²) in [6, 6.07) is 14.9. The molecule has 1 heterocycles. The Morgan fingerprint density at radius 2 is 1.71 bits per heavy atom. The van der Waals surface area contributed by atoms with Crippen LogP contribution in [0.15, 0.2) is 59.8 Å². The molecular formula is C23H24N2O3. The zero-order chi connectivity index (χ0) is 19.9. The number of hydrogen-bond acceptors (Lipinski definition) is 5. The van der Waals surface area contributed by atoms with Gasteiger partial charge in [-0.05, 0) is 41.7 Å². The highest BCUT2D eigenvalue weighted by molar-refractivity contribution is 6.01. The van der Waals surface area contributed by atoms with Crippen molar-refractivity contribution in [2.75, 3.05) is 17.7 Å². The molecule has 0 amide bonds. The van der Waals surface area contributed by atoms with Crippen molar-refractivity contribution in [3.63, 3.8) is 0 Å². The van der Waals surface area contributed by atoms with E-state index in [1.54, 1.807) is 12.1 Å². The van der Waals surface area contributed by atoms with Gasteiger partial charge in [-0.15, -0.1) is 0 Å². The zero-order valence-corrected chi connectivity index (χ0v) is 16.3. The van der Waals surface area contributed by atoms with Gasteiger partial charge < -0.3 is 15.4 Å². The molecule has 0 bridgehead atoms. The fourth-order valence-electron chi connectivity index (χ4n) is 4.07. The molecule has 5 heteroatoms. The van der Waals surface area contributed by atoms with E-state index in [-0.39, 0.29) is 23.2 Å². The van der Waals surface area contributed by atoms with Crippen molar-refractivity contribution in [2.45, 2.75) is 32.7 Å². The Hall–Kier alpha value is -3.08. The second-order valence-corrected chi connectivity index (χ2v) is 8.19. The molecule has 0 saturated carbocycles. The zero-order valence-electron chi connectivity index (χ0n) is 16.3. The summed E-state index contributed by atoms with van der Waals surface area (Å²) in [5.41, 5.74) is 5.01. The van der Waals surface area contributed by atoms with Crippen molar-refractivity contribution in [3.8, 4) is 0 Å². The van der Waals surface area contributed by atoms with E-state index in [0.717, 1.165) is 34.6 Å². The van der Waals surface area contributed by atoms with E-state index in [2.05, 4.69) is 24.5 Å². The van der Waals surface area contributed by atoms with Gasteiger partial charge in [-0.1, -0.05) is 38.1 Å². The summed E-state index contributed by atoms with van der Waals surface area (Å²) < 4.78 is 4.79. The van der Waals surface area contributed by atoms with Crippen LogP contribution in [0.25, 0.3) is 0 Å². The first-order chi connectivity index (χ1) is 13.4. The molecule has 144 valence electrons. The molecule has 5 nitrogen and oxygen atoms in total. The number of methoxy groups -OCH3 is 1. The van der Waals surface area contributed by atoms with Gasteiger partial charge in [0.25, 0.3) is 0 Å². The molecule has 1 aliphatic heterocycles. The molecule has 0 aromatic heterocycles. The Bertz CT molecular complexity index is 974. The Morgan fingerprint density at radius 1 is 1.04 bits per heavy atom. The normalized spacial score (nSPS) is 20.2. The fraction of sp³-hybridized carbons (Fsp3) is 0.304. The van der Waals surface area contributed by atoms with Crippen LogP contribution in [0.4, 0.5) is 11.4 Å². The summed E-state index contributed by atoms with van der Waals surface area (Å²) in [7, 11) is 1.37. The lowest BCUT2D eigenvalue weighted by molar-refractivity contribution is -0.118. The van der Waals surface area contributed by atoms with Gasteiger partial charge in [0.05, 0.1) is 30.1 Å². The number of esters is 1. The van der Waals surface area contributed by atoms with E-state index >= 15 is 0 Å². The maximum Gasteiger partial charge on any atom is 0.337 e. The average Bonchev–Trinajstić information content (AvgIpc) is 2.83. The number of hydrogen-bond donors (Lipinski definition) is 2. The van der Waals surface area contributed by atoms with Crippen LogP contribution in [0.1, 0.15) is 48.7 Å². The second-order valence-electron chi connectivity index (χ2n) is 8.19. The number of nitrogens with one attached hydrogen (secondary N) is 2. The topological polar surface area (TPSA) is 67.4 Å². The third-order valence-corrected chi connectivity index (χ3v) is 5.39. The molecule has 4 rings (SSSR count). The van der Waals surface area contributed by atoms with Crippen molar-refractivity contribution in [1.29, 1.82) is 0 Å². The van der Waals surface area contributed by atoms with Crippen molar-refractivity contribution < 1.29 is 14.3 Å². The Kier molecular flexibility index (Phi) is 4.46. The smallest absolute Gasteiger partial charge is 0.337 e. The fourth-order valence-corrected chi connectivity index (χ4v) is 4.07. The van der Waals surface area contributed by atoms with Crippen LogP contribution in [0.5, 0.6) is 0 Å². The lowest BCUT2D eigenvalue weighted by Gasteiger charge is -2.34. The van der Waals surface area contributed by atoms with Crippen LogP contribution in [0.2, 0.25) is 0 Å². The van der Waals surface area contributed by atoms with Crippen LogP contribution in [-0.2, 0) is 9.53 Å². The lowest BCUT2D eigenvalue weighted by atomic mass is 9.73. The Balaban J connectivity index is 1.81. The van der Waals surface area contributed by atoms with E-state index < -0.39 is 0 Å². The monoisotopic (exact) mass is 376 g/mol. The second kappa shape index (κ2) is 6.82. The molecule has 0 saturated heterocycles. The number of carbonyl (C=O) groups excluding carboxylic acids is 2. The number of anilines is 2. The van der Waals surface area contributed by atoms with E-state index in [1.807, 2.05) is 36.4 Å². The molecule has 0 spiro atoms. The van der Waals surface area contributed by atoms with Crippen molar-refractivity contribution >= 4 is 23.1 Å². The number of ketones is 1. The summed E-state index contributed by atoms with van der Waals surface area (Å²) >= 11 is 0. The minimum Gasteiger partial charge on any atom is -0.465 e. The van der Waals surface area contributed by atoms with E-state index in [1.165, 1.54) is 7.11 Å². The summed E-state index contributed by atoms with van der Waals surface area (Å²) in [4.78, 5) is 24.9. The van der Waals surface area contributed by atoms with Gasteiger partial charge in [-0.25, -0.2) is 4.79 Å². The molecular weight excluding hydrogens is 352 g/mol. The number of carbonyl (C=O) groups is 2. The minimum atomic E-state index is -0.372. The van der Waals surface area contributed by atoms with Gasteiger partial charge in [0.1, 0.15) is 0 Å². The van der Waals surface area contributed by atoms with Crippen LogP contribution in [0.3, 0.4) is 0 Å². The summed E-state index contributed by atoms with van der Waals surface area (Å²) in [5, 5.41) is 7.05. The summed E-state index contributed by atoms with van der Waals surface area (Å²) in [6.45, 7) is 4.25. The molecule has 0 unspecified atom stereocenters. The Morgan fingerprint density at radius 3 is 2.39 bits per heavy atom. The third-order valence-electron chi connectivity index (χ3n) is 5.39. The van der Waals surface area contributed by atoms with Gasteiger partial charge in [0.2, 0.25) is 0 Å². The maximum absolute atomic E-state index is 13.1. The SMILES string of the molecule is COC(=O)c1ccc([C@H]2Nc3ccccc3NC3=C2C(=O)CC(C)(C)C3)cc1. The maximum atomic E-state index is 13.1. The third kappa shape index (κ3) is 3.28. The number of fused-ring (bicyclic) bond motifs is 1. The van der Waals surface area contributed by atoms with Crippen LogP contribution in [-0.4, -0.2) is 18.9 Å². The highest BCUT2D eigenvalue weighted by Gasteiger charge is 2.38. The number of allylic oxidation sites excluding steroid dienone is 1. The van der Waals surface area contributed by atoms with Crippen molar-refractivity contribution in [1.82, 2.24) is 0 Å². The molecule has 1 atom stereocenters. The predicted molar refractivity (Wildman–Crippen MR) is 109 cm³/mol. The van der Waals surface area contributed by atoms with Crippen LogP contribution in [0, 0.1) is 5.41 Å². The van der Waals surface area contributed by atoms with E-state index in [4.69, 9.17) is 4.74 Å². The molecule has 28 heavy (non-hydrogen) atoms. The van der Waals surface area contributed by atoms with Crippen molar-refractivity contribution in [3.05, 3.63) is 70.9 Å². The van der Waals surface area contributed by atoms with Gasteiger partial charge in [-0.2, -0.15) is 0 Å². The summed E-state index contributed by atoms with van der Waals surface area (Å²) in [6.07, 6.45) is 1.32. The largest absolute Gasteiger partial charge is 0.465 e. The molecule has 2 aromatic carbocycles. The van der Waals surface area contributed by atoms with Gasteiger partial charge in [0, 0.05) is 17.7 Å². The van der Waals surface area contributed by atoms with E-state index in [0.29, 0.717) is 12.0 Å². The van der Waals surface area contributed by atoms with Crippen LogP contribution >= 0.6 is 0 Å². The van der Waals surface area contributed by atoms with Gasteiger partial charge in [0.15, 0.2) is 5.78 Å². The molecule has 2 N–H and O–H groups in total. The number of benzene rings is 2. The average molecular weight is 376 g/mol. The van der Waals surface area contributed by atoms with Crippen LogP contribution < -0.4 is 10.6 Å². The predicted octanol–water partition coefficient (Wildman–Crippen LogP) is 4.70. The first-order valence-electron chi connectivity index (χ1n) is 9.45. The highest BCUT2D eigenvalue weighted by Crippen LogP contribution is 2.45. The molecule has 2 aliphatic rings. The molecule has 1 aliphatic carbocycles. The quantitative estimate of drug-likeness (QED) is 0.744. The minimum absolute atomic E-state index is 0.0819. The molecule has 0 radical (unpaired) electrons. The first-order valence-corrected chi connectivity index (χ1v) is 9.45. The number of para-hydroxylation sites is 2. The summed E-state index contributed by atoms with van der Waals surface area (Å²) in [5.74, 6) is -0.219. The Labute approximate surface area is 164 Å². The van der Waals surface area contributed by atoms with Gasteiger partial charge in [-0.3, -0.25) is 4.79 Å².